The molecule has 1 rings (SSSR count). The molecule has 1 heterocycles. The van der Waals surface area contributed by atoms with Crippen molar-refractivity contribution in [2.45, 2.75) is 20.8 Å². The Bertz CT molecular complexity index is 84.6. The van der Waals surface area contributed by atoms with Crippen LogP contribution in [0, 0.1) is 11.8 Å². The molecule has 9 heavy (non-hydrogen) atoms. The van der Waals surface area contributed by atoms with Gasteiger partial charge in [0.15, 0.2) is 0 Å². The molecular formula is C8H17N. The summed E-state index contributed by atoms with van der Waals surface area (Å²) in [5.41, 5.74) is 0. The van der Waals surface area contributed by atoms with E-state index in [0.717, 1.165) is 11.8 Å². The predicted octanol–water partition coefficient (Wildman–Crippen LogP) is 1.59. The van der Waals surface area contributed by atoms with E-state index in [0.29, 0.717) is 0 Å². The molecule has 54 valence electrons. The van der Waals surface area contributed by atoms with Crippen LogP contribution >= 0.6 is 0 Å². The SMILES string of the molecule is CC(C)C(C)CN1CC1. The molecule has 1 saturated heterocycles. The molecule has 0 spiro atoms. The van der Waals surface area contributed by atoms with Crippen molar-refractivity contribution in [1.29, 1.82) is 0 Å². The van der Waals surface area contributed by atoms with Crippen molar-refractivity contribution in [3.63, 3.8) is 0 Å². The molecule has 0 aromatic carbocycles. The molecule has 1 fully saturated rings. The van der Waals surface area contributed by atoms with Crippen LogP contribution in [-0.4, -0.2) is 24.5 Å². The zero-order valence-corrected chi connectivity index (χ0v) is 6.72. The Morgan fingerprint density at radius 3 is 2.11 bits per heavy atom. The van der Waals surface area contributed by atoms with E-state index in [9.17, 15) is 0 Å². The van der Waals surface area contributed by atoms with Gasteiger partial charge in [-0.25, -0.2) is 0 Å². The molecule has 0 saturated carbocycles. The van der Waals surface area contributed by atoms with Crippen LogP contribution in [0.5, 0.6) is 0 Å². The van der Waals surface area contributed by atoms with E-state index in [2.05, 4.69) is 25.7 Å². The van der Waals surface area contributed by atoms with Gasteiger partial charge in [-0.15, -0.1) is 0 Å². The Morgan fingerprint density at radius 2 is 1.78 bits per heavy atom. The molecule has 0 aliphatic carbocycles. The summed E-state index contributed by atoms with van der Waals surface area (Å²) in [6.45, 7) is 10.9. The van der Waals surface area contributed by atoms with Gasteiger partial charge in [0.05, 0.1) is 0 Å². The molecule has 0 aromatic rings. The average molecular weight is 127 g/mol. The molecule has 1 aliphatic heterocycles. The van der Waals surface area contributed by atoms with Gasteiger partial charge in [-0.05, 0) is 11.8 Å². The maximum atomic E-state index is 2.49. The molecule has 1 unspecified atom stereocenters. The van der Waals surface area contributed by atoms with Gasteiger partial charge < -0.3 is 4.90 Å². The fraction of sp³-hybridized carbons (Fsp3) is 1.00. The molecule has 1 heteroatoms. The van der Waals surface area contributed by atoms with E-state index in [4.69, 9.17) is 0 Å². The Hall–Kier alpha value is -0.0400. The molecular weight excluding hydrogens is 110 g/mol. The third-order valence-electron chi connectivity index (χ3n) is 2.22. The summed E-state index contributed by atoms with van der Waals surface area (Å²) in [5.74, 6) is 1.73. The molecule has 0 bridgehead atoms. The van der Waals surface area contributed by atoms with Crippen molar-refractivity contribution in [2.75, 3.05) is 19.6 Å². The highest BCUT2D eigenvalue weighted by molar-refractivity contribution is 4.75. The van der Waals surface area contributed by atoms with Crippen LogP contribution in [0.3, 0.4) is 0 Å². The highest BCUT2D eigenvalue weighted by Crippen LogP contribution is 2.15. The lowest BCUT2D eigenvalue weighted by Gasteiger charge is -2.14. The van der Waals surface area contributed by atoms with E-state index >= 15 is 0 Å². The van der Waals surface area contributed by atoms with Crippen LogP contribution in [0.25, 0.3) is 0 Å². The van der Waals surface area contributed by atoms with Gasteiger partial charge in [0.1, 0.15) is 0 Å². The molecule has 1 atom stereocenters. The van der Waals surface area contributed by atoms with Gasteiger partial charge in [-0.2, -0.15) is 0 Å². The van der Waals surface area contributed by atoms with Gasteiger partial charge in [-0.1, -0.05) is 20.8 Å². The quantitative estimate of drug-likeness (QED) is 0.520. The Labute approximate surface area is 58.0 Å². The molecule has 1 aliphatic rings. The first-order chi connectivity index (χ1) is 4.20. The minimum atomic E-state index is 0.852. The van der Waals surface area contributed by atoms with Crippen molar-refractivity contribution < 1.29 is 0 Å². The van der Waals surface area contributed by atoms with Gasteiger partial charge in [0.25, 0.3) is 0 Å². The number of nitrogens with zero attached hydrogens (tertiary/aromatic N) is 1. The van der Waals surface area contributed by atoms with Gasteiger partial charge in [-0.3, -0.25) is 0 Å². The number of hydrogen-bond donors (Lipinski definition) is 0. The van der Waals surface area contributed by atoms with E-state index in [1.807, 2.05) is 0 Å². The summed E-state index contributed by atoms with van der Waals surface area (Å²) in [6.07, 6.45) is 0. The second kappa shape index (κ2) is 2.70. The summed E-state index contributed by atoms with van der Waals surface area (Å²) in [6, 6.07) is 0. The topological polar surface area (TPSA) is 3.01 Å². The second-order valence-electron chi connectivity index (χ2n) is 3.52. The highest BCUT2D eigenvalue weighted by Gasteiger charge is 2.20. The molecule has 0 radical (unpaired) electrons. The first-order valence-corrected chi connectivity index (χ1v) is 3.92. The Morgan fingerprint density at radius 1 is 1.22 bits per heavy atom. The molecule has 0 N–H and O–H groups in total. The van der Waals surface area contributed by atoms with Crippen LogP contribution in [0.1, 0.15) is 20.8 Å². The second-order valence-corrected chi connectivity index (χ2v) is 3.52. The van der Waals surface area contributed by atoms with Crippen LogP contribution < -0.4 is 0 Å². The third-order valence-corrected chi connectivity index (χ3v) is 2.22. The summed E-state index contributed by atoms with van der Waals surface area (Å²) in [5, 5.41) is 0. The van der Waals surface area contributed by atoms with E-state index in [-0.39, 0.29) is 0 Å². The largest absolute Gasteiger partial charge is 0.301 e. The monoisotopic (exact) mass is 127 g/mol. The lowest BCUT2D eigenvalue weighted by atomic mass is 9.98. The van der Waals surface area contributed by atoms with Crippen molar-refractivity contribution >= 4 is 0 Å². The van der Waals surface area contributed by atoms with Crippen molar-refractivity contribution in [3.8, 4) is 0 Å². The lowest BCUT2D eigenvalue weighted by molar-refractivity contribution is 0.345. The number of rotatable bonds is 3. The van der Waals surface area contributed by atoms with Crippen molar-refractivity contribution in [2.24, 2.45) is 11.8 Å². The smallest absolute Gasteiger partial charge is 0.0110 e. The molecule has 0 amide bonds. The summed E-state index contributed by atoms with van der Waals surface area (Å²) < 4.78 is 0. The van der Waals surface area contributed by atoms with Crippen LogP contribution in [-0.2, 0) is 0 Å². The first kappa shape index (κ1) is 7.07. The number of hydrogen-bond acceptors (Lipinski definition) is 1. The van der Waals surface area contributed by atoms with Gasteiger partial charge in [0, 0.05) is 19.6 Å². The highest BCUT2D eigenvalue weighted by atomic mass is 15.3. The van der Waals surface area contributed by atoms with E-state index in [1.54, 1.807) is 0 Å². The summed E-state index contributed by atoms with van der Waals surface area (Å²) in [4.78, 5) is 2.49. The van der Waals surface area contributed by atoms with Gasteiger partial charge >= 0.3 is 0 Å². The Balaban J connectivity index is 2.09. The maximum absolute atomic E-state index is 2.49. The standard InChI is InChI=1S/C8H17N/c1-7(2)8(3)6-9-4-5-9/h7-8H,4-6H2,1-3H3. The fourth-order valence-electron chi connectivity index (χ4n) is 0.871. The Kier molecular flexibility index (Phi) is 2.12. The minimum Gasteiger partial charge on any atom is -0.301 e. The normalized spacial score (nSPS) is 22.7. The predicted molar refractivity (Wildman–Crippen MR) is 40.4 cm³/mol. The maximum Gasteiger partial charge on any atom is 0.0110 e. The van der Waals surface area contributed by atoms with E-state index < -0.39 is 0 Å². The third kappa shape index (κ3) is 2.35. The van der Waals surface area contributed by atoms with Crippen LogP contribution in [0.15, 0.2) is 0 Å². The zero-order chi connectivity index (χ0) is 6.85. The summed E-state index contributed by atoms with van der Waals surface area (Å²) >= 11 is 0. The van der Waals surface area contributed by atoms with Crippen molar-refractivity contribution in [3.05, 3.63) is 0 Å². The lowest BCUT2D eigenvalue weighted by Crippen LogP contribution is -2.15. The van der Waals surface area contributed by atoms with Crippen molar-refractivity contribution in [1.82, 2.24) is 4.90 Å². The fourth-order valence-corrected chi connectivity index (χ4v) is 0.871. The van der Waals surface area contributed by atoms with Crippen LogP contribution in [0.2, 0.25) is 0 Å². The van der Waals surface area contributed by atoms with Gasteiger partial charge in [0.2, 0.25) is 0 Å². The minimum absolute atomic E-state index is 0.852. The molecule has 0 aromatic heterocycles. The average Bonchev–Trinajstić information content (AvgIpc) is 2.50. The zero-order valence-electron chi connectivity index (χ0n) is 6.72. The van der Waals surface area contributed by atoms with E-state index in [1.165, 1.54) is 19.6 Å². The summed E-state index contributed by atoms with van der Waals surface area (Å²) in [7, 11) is 0. The molecule has 1 nitrogen and oxygen atoms in total. The first-order valence-electron chi connectivity index (χ1n) is 3.92. The van der Waals surface area contributed by atoms with Crippen LogP contribution in [0.4, 0.5) is 0 Å².